The van der Waals surface area contributed by atoms with Gasteiger partial charge in [-0.3, -0.25) is 4.68 Å². The van der Waals surface area contributed by atoms with Crippen LogP contribution < -0.4 is 5.73 Å². The first kappa shape index (κ1) is 14.5. The van der Waals surface area contributed by atoms with E-state index in [0.717, 1.165) is 12.1 Å². The minimum atomic E-state index is -2.91. The van der Waals surface area contributed by atoms with Gasteiger partial charge in [-0.1, -0.05) is 6.92 Å². The first-order valence-corrected chi connectivity index (χ1v) is 8.66. The van der Waals surface area contributed by atoms with Crippen molar-refractivity contribution in [3.05, 3.63) is 18.0 Å². The molecule has 108 valence electrons. The summed E-state index contributed by atoms with van der Waals surface area (Å²) in [5, 5.41) is 4.55. The predicted molar refractivity (Wildman–Crippen MR) is 75.7 cm³/mol. The first-order chi connectivity index (χ1) is 8.90. The molecular formula is C13H23N3O2S. The Morgan fingerprint density at radius 1 is 1.58 bits per heavy atom. The van der Waals surface area contributed by atoms with Crippen molar-refractivity contribution in [1.29, 1.82) is 0 Å². The van der Waals surface area contributed by atoms with E-state index < -0.39 is 9.84 Å². The SMILES string of the molecule is CCC(C)n1ccc(CC2(CN)CCS(=O)(=O)C2)n1. The molecule has 0 bridgehead atoms. The van der Waals surface area contributed by atoms with E-state index in [-0.39, 0.29) is 16.9 Å². The molecular weight excluding hydrogens is 262 g/mol. The largest absolute Gasteiger partial charge is 0.330 e. The average molecular weight is 285 g/mol. The molecule has 19 heavy (non-hydrogen) atoms. The highest BCUT2D eigenvalue weighted by atomic mass is 32.2. The maximum absolute atomic E-state index is 11.7. The lowest BCUT2D eigenvalue weighted by molar-refractivity contribution is 0.338. The number of nitrogens with two attached hydrogens (primary N) is 1. The maximum Gasteiger partial charge on any atom is 0.150 e. The topological polar surface area (TPSA) is 78.0 Å². The zero-order valence-electron chi connectivity index (χ0n) is 11.7. The molecule has 5 nitrogen and oxygen atoms in total. The Hall–Kier alpha value is -0.880. The molecule has 2 heterocycles. The second-order valence-corrected chi connectivity index (χ2v) is 7.95. The molecule has 0 aliphatic carbocycles. The summed E-state index contributed by atoms with van der Waals surface area (Å²) in [6.07, 6.45) is 4.31. The van der Waals surface area contributed by atoms with Crippen LogP contribution in [0, 0.1) is 5.41 Å². The minimum Gasteiger partial charge on any atom is -0.330 e. The highest BCUT2D eigenvalue weighted by Gasteiger charge is 2.41. The zero-order valence-corrected chi connectivity index (χ0v) is 12.5. The van der Waals surface area contributed by atoms with Gasteiger partial charge in [-0.25, -0.2) is 8.42 Å². The Labute approximate surface area is 115 Å². The number of aromatic nitrogens is 2. The van der Waals surface area contributed by atoms with Gasteiger partial charge in [0.15, 0.2) is 9.84 Å². The summed E-state index contributed by atoms with van der Waals surface area (Å²) in [7, 11) is -2.91. The van der Waals surface area contributed by atoms with Crippen LogP contribution in [0.4, 0.5) is 0 Å². The Bertz CT molecular complexity index is 538. The van der Waals surface area contributed by atoms with Crippen LogP contribution in [0.1, 0.15) is 38.4 Å². The predicted octanol–water partition coefficient (Wildman–Crippen LogP) is 1.16. The van der Waals surface area contributed by atoms with Gasteiger partial charge in [0.1, 0.15) is 0 Å². The van der Waals surface area contributed by atoms with Gasteiger partial charge >= 0.3 is 0 Å². The Kier molecular flexibility index (Phi) is 4.01. The molecule has 6 heteroatoms. The summed E-state index contributed by atoms with van der Waals surface area (Å²) in [4.78, 5) is 0. The van der Waals surface area contributed by atoms with Gasteiger partial charge in [0.25, 0.3) is 0 Å². The van der Waals surface area contributed by atoms with E-state index in [1.807, 2.05) is 16.9 Å². The van der Waals surface area contributed by atoms with Crippen molar-refractivity contribution in [2.45, 2.75) is 39.2 Å². The first-order valence-electron chi connectivity index (χ1n) is 6.84. The van der Waals surface area contributed by atoms with E-state index in [4.69, 9.17) is 5.73 Å². The Morgan fingerprint density at radius 3 is 2.84 bits per heavy atom. The number of sulfone groups is 1. The summed E-state index contributed by atoms with van der Waals surface area (Å²) in [6.45, 7) is 4.65. The number of nitrogens with zero attached hydrogens (tertiary/aromatic N) is 2. The van der Waals surface area contributed by atoms with Crippen molar-refractivity contribution in [3.8, 4) is 0 Å². The minimum absolute atomic E-state index is 0.201. The van der Waals surface area contributed by atoms with Gasteiger partial charge in [-0.2, -0.15) is 5.10 Å². The van der Waals surface area contributed by atoms with Crippen molar-refractivity contribution in [3.63, 3.8) is 0 Å². The maximum atomic E-state index is 11.7. The molecule has 2 unspecified atom stereocenters. The van der Waals surface area contributed by atoms with E-state index in [9.17, 15) is 8.42 Å². The number of rotatable bonds is 5. The van der Waals surface area contributed by atoms with E-state index in [0.29, 0.717) is 25.4 Å². The molecule has 0 spiro atoms. The molecule has 2 atom stereocenters. The molecule has 0 saturated carbocycles. The van der Waals surface area contributed by atoms with Crippen LogP contribution in [0.25, 0.3) is 0 Å². The lowest BCUT2D eigenvalue weighted by atomic mass is 9.83. The van der Waals surface area contributed by atoms with Crippen molar-refractivity contribution in [2.24, 2.45) is 11.1 Å². The summed E-state index contributed by atoms with van der Waals surface area (Å²) >= 11 is 0. The standard InChI is InChI=1S/C13H23N3O2S/c1-3-11(2)16-6-4-12(15-16)8-13(9-14)5-7-19(17,18)10-13/h4,6,11H,3,5,7-10,14H2,1-2H3. The molecule has 1 aliphatic rings. The van der Waals surface area contributed by atoms with Gasteiger partial charge in [0.2, 0.25) is 0 Å². The third-order valence-corrected chi connectivity index (χ3v) is 6.04. The molecule has 1 saturated heterocycles. The molecule has 0 amide bonds. The molecule has 1 aliphatic heterocycles. The van der Waals surface area contributed by atoms with Gasteiger partial charge in [-0.15, -0.1) is 0 Å². The third-order valence-electron chi connectivity index (χ3n) is 4.16. The fourth-order valence-electron chi connectivity index (χ4n) is 2.64. The fourth-order valence-corrected chi connectivity index (χ4v) is 4.83. The molecule has 0 aromatic carbocycles. The monoisotopic (exact) mass is 285 g/mol. The normalized spacial score (nSPS) is 27.5. The van der Waals surface area contributed by atoms with E-state index >= 15 is 0 Å². The van der Waals surface area contributed by atoms with E-state index in [1.165, 1.54) is 0 Å². The zero-order chi connectivity index (χ0) is 14.1. The van der Waals surface area contributed by atoms with Gasteiger partial charge in [0, 0.05) is 17.7 Å². The summed E-state index contributed by atoms with van der Waals surface area (Å²) in [5.41, 5.74) is 6.47. The van der Waals surface area contributed by atoms with Crippen LogP contribution in [0.5, 0.6) is 0 Å². The van der Waals surface area contributed by atoms with Crippen molar-refractivity contribution >= 4 is 9.84 Å². The fraction of sp³-hybridized carbons (Fsp3) is 0.769. The molecule has 0 radical (unpaired) electrons. The van der Waals surface area contributed by atoms with Crippen LogP contribution in [-0.2, 0) is 16.3 Å². The summed E-state index contributed by atoms with van der Waals surface area (Å²) in [6, 6.07) is 2.35. The highest BCUT2D eigenvalue weighted by molar-refractivity contribution is 7.91. The molecule has 1 aromatic rings. The smallest absolute Gasteiger partial charge is 0.150 e. The second kappa shape index (κ2) is 5.25. The van der Waals surface area contributed by atoms with Gasteiger partial charge in [0.05, 0.1) is 17.2 Å². The molecule has 2 rings (SSSR count). The van der Waals surface area contributed by atoms with Crippen molar-refractivity contribution in [2.75, 3.05) is 18.1 Å². The number of hydrogen-bond acceptors (Lipinski definition) is 4. The van der Waals surface area contributed by atoms with Crippen molar-refractivity contribution in [1.82, 2.24) is 9.78 Å². The van der Waals surface area contributed by atoms with E-state index in [1.54, 1.807) is 0 Å². The van der Waals surface area contributed by atoms with Crippen molar-refractivity contribution < 1.29 is 8.42 Å². The van der Waals surface area contributed by atoms with Crippen LogP contribution >= 0.6 is 0 Å². The van der Waals surface area contributed by atoms with Crippen LogP contribution in [-0.4, -0.2) is 36.2 Å². The van der Waals surface area contributed by atoms with Gasteiger partial charge in [-0.05, 0) is 38.8 Å². The van der Waals surface area contributed by atoms with Crippen LogP contribution in [0.15, 0.2) is 12.3 Å². The molecule has 1 aromatic heterocycles. The lowest BCUT2D eigenvalue weighted by Crippen LogP contribution is -2.34. The number of hydrogen-bond donors (Lipinski definition) is 1. The Balaban J connectivity index is 2.13. The highest BCUT2D eigenvalue weighted by Crippen LogP contribution is 2.34. The quantitative estimate of drug-likeness (QED) is 0.880. The average Bonchev–Trinajstić information content (AvgIpc) is 2.94. The van der Waals surface area contributed by atoms with E-state index in [2.05, 4.69) is 18.9 Å². The molecule has 2 N–H and O–H groups in total. The Morgan fingerprint density at radius 2 is 2.32 bits per heavy atom. The third kappa shape index (κ3) is 3.17. The second-order valence-electron chi connectivity index (χ2n) is 5.77. The van der Waals surface area contributed by atoms with Crippen LogP contribution in [0.2, 0.25) is 0 Å². The molecule has 1 fully saturated rings. The summed E-state index contributed by atoms with van der Waals surface area (Å²) < 4.78 is 25.3. The van der Waals surface area contributed by atoms with Crippen LogP contribution in [0.3, 0.4) is 0 Å². The lowest BCUT2D eigenvalue weighted by Gasteiger charge is -2.24. The van der Waals surface area contributed by atoms with Gasteiger partial charge < -0.3 is 5.73 Å². The summed E-state index contributed by atoms with van der Waals surface area (Å²) in [5.74, 6) is 0.461.